The van der Waals surface area contributed by atoms with Crippen molar-refractivity contribution >= 4 is 21.7 Å². The summed E-state index contributed by atoms with van der Waals surface area (Å²) in [4.78, 5) is 26.2. The number of carbonyl (C=O) groups excluding carboxylic acids is 2. The average Bonchev–Trinajstić information content (AvgIpc) is 2.95. The van der Waals surface area contributed by atoms with E-state index in [-0.39, 0.29) is 29.7 Å². The number of benzene rings is 1. The minimum Gasteiger partial charge on any atom is -0.449 e. The van der Waals surface area contributed by atoms with Gasteiger partial charge in [0, 0.05) is 12.6 Å². The predicted octanol–water partition coefficient (Wildman–Crippen LogP) is 0.760. The fraction of sp³-hybridized carbons (Fsp3) is 0.529. The van der Waals surface area contributed by atoms with Gasteiger partial charge in [0.25, 0.3) is 5.91 Å². The molecule has 0 aromatic heterocycles. The van der Waals surface area contributed by atoms with E-state index in [1.54, 1.807) is 19.1 Å². The SMILES string of the molecule is CCN(C(=O)C(C)OC(=O)c1ccc(CO)cc1)C1CCS(=O)(=O)C1. The summed E-state index contributed by atoms with van der Waals surface area (Å²) in [5.41, 5.74) is 0.948. The normalized spacial score (nSPS) is 20.0. The second kappa shape index (κ2) is 7.97. The Morgan fingerprint density at radius 3 is 2.44 bits per heavy atom. The van der Waals surface area contributed by atoms with Crippen LogP contribution in [0.1, 0.15) is 36.2 Å². The summed E-state index contributed by atoms with van der Waals surface area (Å²) in [6.45, 7) is 3.48. The molecule has 8 heteroatoms. The Labute approximate surface area is 147 Å². The molecular weight excluding hydrogens is 346 g/mol. The van der Waals surface area contributed by atoms with Gasteiger partial charge in [-0.1, -0.05) is 12.1 Å². The van der Waals surface area contributed by atoms with Gasteiger partial charge in [0.05, 0.1) is 23.7 Å². The molecule has 1 heterocycles. The smallest absolute Gasteiger partial charge is 0.338 e. The third-order valence-corrected chi connectivity index (χ3v) is 6.03. The number of nitrogens with zero attached hydrogens (tertiary/aromatic N) is 1. The van der Waals surface area contributed by atoms with Crippen LogP contribution in [0.4, 0.5) is 0 Å². The first-order chi connectivity index (χ1) is 11.8. The molecule has 0 radical (unpaired) electrons. The highest BCUT2D eigenvalue weighted by molar-refractivity contribution is 7.91. The third kappa shape index (κ3) is 4.79. The van der Waals surface area contributed by atoms with Crippen LogP contribution in [0.3, 0.4) is 0 Å². The molecule has 0 spiro atoms. The van der Waals surface area contributed by atoms with Gasteiger partial charge in [-0.3, -0.25) is 4.79 Å². The summed E-state index contributed by atoms with van der Waals surface area (Å²) >= 11 is 0. The van der Waals surface area contributed by atoms with Crippen molar-refractivity contribution in [1.29, 1.82) is 0 Å². The van der Waals surface area contributed by atoms with Crippen molar-refractivity contribution in [3.8, 4) is 0 Å². The molecule has 2 unspecified atom stereocenters. The number of hydrogen-bond acceptors (Lipinski definition) is 6. The molecule has 1 aliphatic heterocycles. The van der Waals surface area contributed by atoms with Crippen LogP contribution in [0.15, 0.2) is 24.3 Å². The summed E-state index contributed by atoms with van der Waals surface area (Å²) in [5.74, 6) is -1.01. The molecule has 2 rings (SSSR count). The lowest BCUT2D eigenvalue weighted by atomic mass is 10.1. The van der Waals surface area contributed by atoms with Crippen molar-refractivity contribution < 1.29 is 27.9 Å². The molecule has 1 aromatic rings. The highest BCUT2D eigenvalue weighted by Gasteiger charge is 2.36. The molecule has 25 heavy (non-hydrogen) atoms. The Balaban J connectivity index is 2.01. The monoisotopic (exact) mass is 369 g/mol. The predicted molar refractivity (Wildman–Crippen MR) is 91.7 cm³/mol. The minimum absolute atomic E-state index is 0.0458. The number of esters is 1. The van der Waals surface area contributed by atoms with E-state index in [0.29, 0.717) is 18.5 Å². The number of carbonyl (C=O) groups is 2. The van der Waals surface area contributed by atoms with Gasteiger partial charge in [-0.15, -0.1) is 0 Å². The molecule has 2 atom stereocenters. The number of ether oxygens (including phenoxy) is 1. The fourth-order valence-corrected chi connectivity index (χ4v) is 4.60. The largest absolute Gasteiger partial charge is 0.449 e. The lowest BCUT2D eigenvalue weighted by Crippen LogP contribution is -2.46. The van der Waals surface area contributed by atoms with Crippen LogP contribution in [0.5, 0.6) is 0 Å². The molecule has 138 valence electrons. The Morgan fingerprint density at radius 2 is 1.96 bits per heavy atom. The van der Waals surface area contributed by atoms with E-state index in [9.17, 15) is 18.0 Å². The second-order valence-corrected chi connectivity index (χ2v) is 8.31. The fourth-order valence-electron chi connectivity index (χ4n) is 2.87. The Bertz CT molecular complexity index is 728. The zero-order valence-electron chi connectivity index (χ0n) is 14.3. The quantitative estimate of drug-likeness (QED) is 0.743. The number of aliphatic hydroxyl groups is 1. The Hall–Kier alpha value is -1.93. The number of sulfone groups is 1. The standard InChI is InChI=1S/C17H23NO6S/c1-3-18(15-8-9-25(22,23)11-15)16(20)12(2)24-17(21)14-6-4-13(10-19)5-7-14/h4-7,12,15,19H,3,8-11H2,1-2H3. The van der Waals surface area contributed by atoms with E-state index in [1.807, 2.05) is 0 Å². The maximum atomic E-state index is 12.6. The van der Waals surface area contributed by atoms with Crippen LogP contribution in [0, 0.1) is 0 Å². The molecular formula is C17H23NO6S. The Morgan fingerprint density at radius 1 is 1.32 bits per heavy atom. The van der Waals surface area contributed by atoms with E-state index in [2.05, 4.69) is 0 Å². The number of hydrogen-bond donors (Lipinski definition) is 1. The van der Waals surface area contributed by atoms with Gasteiger partial charge in [-0.2, -0.15) is 0 Å². The highest BCUT2D eigenvalue weighted by atomic mass is 32.2. The summed E-state index contributed by atoms with van der Waals surface area (Å²) in [5, 5.41) is 9.01. The topological polar surface area (TPSA) is 101 Å². The minimum atomic E-state index is -3.10. The van der Waals surface area contributed by atoms with Gasteiger partial charge < -0.3 is 14.7 Å². The van der Waals surface area contributed by atoms with Crippen molar-refractivity contribution in [3.63, 3.8) is 0 Å². The molecule has 1 amide bonds. The van der Waals surface area contributed by atoms with E-state index in [4.69, 9.17) is 9.84 Å². The Kier molecular flexibility index (Phi) is 6.18. The zero-order valence-corrected chi connectivity index (χ0v) is 15.2. The summed E-state index contributed by atoms with van der Waals surface area (Å²) in [6.07, 6.45) is -0.598. The number of rotatable bonds is 6. The summed E-state index contributed by atoms with van der Waals surface area (Å²) in [6, 6.07) is 5.88. The molecule has 1 saturated heterocycles. The van der Waals surface area contributed by atoms with Gasteiger partial charge in [0.1, 0.15) is 0 Å². The van der Waals surface area contributed by atoms with Gasteiger partial charge >= 0.3 is 5.97 Å². The molecule has 7 nitrogen and oxygen atoms in total. The van der Waals surface area contributed by atoms with E-state index >= 15 is 0 Å². The van der Waals surface area contributed by atoms with Gasteiger partial charge in [-0.25, -0.2) is 13.2 Å². The van der Waals surface area contributed by atoms with Gasteiger partial charge in [-0.05, 0) is 38.0 Å². The molecule has 0 saturated carbocycles. The van der Waals surface area contributed by atoms with Crippen molar-refractivity contribution in [2.75, 3.05) is 18.1 Å². The van der Waals surface area contributed by atoms with E-state index < -0.39 is 27.8 Å². The van der Waals surface area contributed by atoms with Gasteiger partial charge in [0.2, 0.25) is 0 Å². The first-order valence-corrected chi connectivity index (χ1v) is 10.0. The maximum absolute atomic E-state index is 12.6. The lowest BCUT2D eigenvalue weighted by Gasteiger charge is -2.29. The van der Waals surface area contributed by atoms with Crippen LogP contribution >= 0.6 is 0 Å². The molecule has 1 aromatic carbocycles. The van der Waals surface area contributed by atoms with Crippen LogP contribution in [-0.2, 0) is 26.0 Å². The van der Waals surface area contributed by atoms with Gasteiger partial charge in [0.15, 0.2) is 15.9 Å². The van der Waals surface area contributed by atoms with Crippen molar-refractivity contribution in [2.24, 2.45) is 0 Å². The maximum Gasteiger partial charge on any atom is 0.338 e. The van der Waals surface area contributed by atoms with E-state index in [0.717, 1.165) is 0 Å². The number of amides is 1. The summed E-state index contributed by atoms with van der Waals surface area (Å²) in [7, 11) is -3.10. The lowest BCUT2D eigenvalue weighted by molar-refractivity contribution is -0.141. The molecule has 1 aliphatic rings. The molecule has 1 N–H and O–H groups in total. The second-order valence-electron chi connectivity index (χ2n) is 6.08. The van der Waals surface area contributed by atoms with E-state index in [1.165, 1.54) is 24.0 Å². The van der Waals surface area contributed by atoms with Crippen molar-refractivity contribution in [2.45, 2.75) is 39.0 Å². The summed E-state index contributed by atoms with van der Waals surface area (Å²) < 4.78 is 28.5. The molecule has 1 fully saturated rings. The number of aliphatic hydroxyl groups excluding tert-OH is 1. The van der Waals surface area contributed by atoms with Crippen molar-refractivity contribution in [3.05, 3.63) is 35.4 Å². The molecule has 0 bridgehead atoms. The highest BCUT2D eigenvalue weighted by Crippen LogP contribution is 2.19. The average molecular weight is 369 g/mol. The van der Waals surface area contributed by atoms with Crippen molar-refractivity contribution in [1.82, 2.24) is 4.90 Å². The first-order valence-electron chi connectivity index (χ1n) is 8.19. The van der Waals surface area contributed by atoms with Crippen LogP contribution in [0.2, 0.25) is 0 Å². The van der Waals surface area contributed by atoms with Crippen LogP contribution in [0.25, 0.3) is 0 Å². The zero-order chi connectivity index (χ0) is 18.6. The molecule has 0 aliphatic carbocycles. The first kappa shape index (κ1) is 19.4. The van der Waals surface area contributed by atoms with Crippen LogP contribution < -0.4 is 0 Å². The number of likely N-dealkylation sites (N-methyl/N-ethyl adjacent to an activating group) is 1. The third-order valence-electron chi connectivity index (χ3n) is 4.28. The van der Waals surface area contributed by atoms with Crippen LogP contribution in [-0.4, -0.2) is 60.5 Å².